The summed E-state index contributed by atoms with van der Waals surface area (Å²) in [6.07, 6.45) is 2.38. The molecule has 0 aliphatic heterocycles. The Hall–Kier alpha value is -2.38. The molecule has 0 saturated heterocycles. The van der Waals surface area contributed by atoms with E-state index < -0.39 is 15.4 Å². The van der Waals surface area contributed by atoms with Gasteiger partial charge in [0.1, 0.15) is 0 Å². The van der Waals surface area contributed by atoms with Crippen molar-refractivity contribution < 1.29 is 17.9 Å². The SMILES string of the molecule is COCCCNC(=O)C1(c2ccc(NS(=O)(=O)c3cc(C)ccc3C)cc2)CC1. The van der Waals surface area contributed by atoms with Gasteiger partial charge in [-0.15, -0.1) is 0 Å². The van der Waals surface area contributed by atoms with Gasteiger partial charge in [0.2, 0.25) is 5.91 Å². The standard InChI is InChI=1S/C22H28N2O4S/c1-16-5-6-17(2)20(15-16)29(26,27)24-19-9-7-18(8-10-19)22(11-12-22)21(25)23-13-4-14-28-3/h5-10,15,24H,4,11-14H2,1-3H3,(H,23,25). The summed E-state index contributed by atoms with van der Waals surface area (Å²) in [4.78, 5) is 12.9. The summed E-state index contributed by atoms with van der Waals surface area (Å²) in [5, 5.41) is 2.97. The Morgan fingerprint density at radius 2 is 1.79 bits per heavy atom. The van der Waals surface area contributed by atoms with E-state index in [0.717, 1.165) is 30.4 Å². The molecule has 1 fully saturated rings. The summed E-state index contributed by atoms with van der Waals surface area (Å²) >= 11 is 0. The van der Waals surface area contributed by atoms with Gasteiger partial charge in [-0.2, -0.15) is 0 Å². The lowest BCUT2D eigenvalue weighted by molar-refractivity contribution is -0.123. The molecule has 0 radical (unpaired) electrons. The highest BCUT2D eigenvalue weighted by molar-refractivity contribution is 7.92. The first-order valence-electron chi connectivity index (χ1n) is 9.76. The molecule has 156 valence electrons. The van der Waals surface area contributed by atoms with Gasteiger partial charge in [-0.3, -0.25) is 9.52 Å². The molecule has 0 spiro atoms. The van der Waals surface area contributed by atoms with E-state index in [2.05, 4.69) is 10.0 Å². The van der Waals surface area contributed by atoms with Gasteiger partial charge in [-0.25, -0.2) is 8.42 Å². The zero-order chi connectivity index (χ0) is 21.1. The minimum atomic E-state index is -3.67. The third-order valence-electron chi connectivity index (χ3n) is 5.32. The molecule has 2 N–H and O–H groups in total. The first-order chi connectivity index (χ1) is 13.8. The summed E-state index contributed by atoms with van der Waals surface area (Å²) < 4.78 is 33.2. The van der Waals surface area contributed by atoms with E-state index in [9.17, 15) is 13.2 Å². The molecule has 0 heterocycles. The minimum Gasteiger partial charge on any atom is -0.385 e. The van der Waals surface area contributed by atoms with Crippen molar-refractivity contribution in [2.24, 2.45) is 0 Å². The van der Waals surface area contributed by atoms with Crippen molar-refractivity contribution in [1.29, 1.82) is 0 Å². The second kappa shape index (κ2) is 8.55. The number of methoxy groups -OCH3 is 1. The van der Waals surface area contributed by atoms with Crippen molar-refractivity contribution in [3.8, 4) is 0 Å². The normalized spacial score (nSPS) is 15.0. The number of hydrogen-bond acceptors (Lipinski definition) is 4. The summed E-state index contributed by atoms with van der Waals surface area (Å²) in [5.41, 5.74) is 2.49. The number of benzene rings is 2. The Labute approximate surface area is 172 Å². The van der Waals surface area contributed by atoms with E-state index in [1.165, 1.54) is 0 Å². The molecule has 0 bridgehead atoms. The highest BCUT2D eigenvalue weighted by atomic mass is 32.2. The molecule has 0 unspecified atom stereocenters. The van der Waals surface area contributed by atoms with Crippen LogP contribution in [0.15, 0.2) is 47.4 Å². The Balaban J connectivity index is 1.70. The molecule has 1 aliphatic carbocycles. The van der Waals surface area contributed by atoms with Crippen LogP contribution in [0.25, 0.3) is 0 Å². The molecule has 7 heteroatoms. The molecular weight excluding hydrogens is 388 g/mol. The van der Waals surface area contributed by atoms with Crippen LogP contribution in [0.3, 0.4) is 0 Å². The number of hydrogen-bond donors (Lipinski definition) is 2. The fraction of sp³-hybridized carbons (Fsp3) is 0.409. The predicted octanol–water partition coefficient (Wildman–Crippen LogP) is 3.29. The summed E-state index contributed by atoms with van der Waals surface area (Å²) in [6.45, 7) is 4.84. The van der Waals surface area contributed by atoms with E-state index in [1.54, 1.807) is 38.3 Å². The summed E-state index contributed by atoms with van der Waals surface area (Å²) in [6, 6.07) is 12.5. The average Bonchev–Trinajstić information content (AvgIpc) is 3.49. The van der Waals surface area contributed by atoms with Crippen LogP contribution in [-0.2, 0) is 25.0 Å². The molecule has 29 heavy (non-hydrogen) atoms. The van der Waals surface area contributed by atoms with Crippen LogP contribution < -0.4 is 10.0 Å². The smallest absolute Gasteiger partial charge is 0.262 e. The number of amides is 1. The topological polar surface area (TPSA) is 84.5 Å². The molecule has 3 rings (SSSR count). The van der Waals surface area contributed by atoms with Gasteiger partial charge in [0, 0.05) is 25.9 Å². The average molecular weight is 417 g/mol. The van der Waals surface area contributed by atoms with Crippen LogP contribution in [0.5, 0.6) is 0 Å². The number of ether oxygens (including phenoxy) is 1. The summed E-state index contributed by atoms with van der Waals surface area (Å²) in [5.74, 6) is 0.0253. The van der Waals surface area contributed by atoms with Crippen molar-refractivity contribution >= 4 is 21.6 Å². The minimum absolute atomic E-state index is 0.0253. The molecule has 1 amide bonds. The van der Waals surface area contributed by atoms with Gasteiger partial charge in [0.25, 0.3) is 10.0 Å². The van der Waals surface area contributed by atoms with E-state index in [4.69, 9.17) is 4.74 Å². The van der Waals surface area contributed by atoms with E-state index in [1.807, 2.05) is 25.1 Å². The van der Waals surface area contributed by atoms with Crippen molar-refractivity contribution in [1.82, 2.24) is 5.32 Å². The highest BCUT2D eigenvalue weighted by Gasteiger charge is 2.51. The number of sulfonamides is 1. The first-order valence-corrected chi connectivity index (χ1v) is 11.2. The molecule has 2 aromatic carbocycles. The van der Waals surface area contributed by atoms with Crippen LogP contribution in [0.4, 0.5) is 5.69 Å². The third-order valence-corrected chi connectivity index (χ3v) is 6.84. The zero-order valence-corrected chi connectivity index (χ0v) is 17.9. The van der Waals surface area contributed by atoms with Crippen molar-refractivity contribution in [3.05, 3.63) is 59.2 Å². The number of aryl methyl sites for hydroxylation is 2. The van der Waals surface area contributed by atoms with E-state index >= 15 is 0 Å². The third kappa shape index (κ3) is 4.79. The van der Waals surface area contributed by atoms with E-state index in [0.29, 0.717) is 24.4 Å². The Morgan fingerprint density at radius 1 is 1.10 bits per heavy atom. The molecule has 1 aliphatic rings. The lowest BCUT2D eigenvalue weighted by Crippen LogP contribution is -2.35. The Morgan fingerprint density at radius 3 is 2.41 bits per heavy atom. The largest absolute Gasteiger partial charge is 0.385 e. The number of anilines is 1. The predicted molar refractivity (Wildman–Crippen MR) is 114 cm³/mol. The molecule has 2 aromatic rings. The maximum Gasteiger partial charge on any atom is 0.262 e. The van der Waals surface area contributed by atoms with Gasteiger partial charge >= 0.3 is 0 Å². The number of carbonyl (C=O) groups excluding carboxylic acids is 1. The number of nitrogens with one attached hydrogen (secondary N) is 2. The van der Waals surface area contributed by atoms with Crippen LogP contribution >= 0.6 is 0 Å². The van der Waals surface area contributed by atoms with Gasteiger partial charge in [-0.05, 0) is 68.0 Å². The molecule has 6 nitrogen and oxygen atoms in total. The number of carbonyl (C=O) groups is 1. The van der Waals surface area contributed by atoms with Gasteiger partial charge < -0.3 is 10.1 Å². The number of rotatable bonds is 9. The van der Waals surface area contributed by atoms with Crippen LogP contribution in [0.2, 0.25) is 0 Å². The lowest BCUT2D eigenvalue weighted by Gasteiger charge is -2.17. The Bertz CT molecular complexity index is 980. The van der Waals surface area contributed by atoms with Gasteiger partial charge in [0.05, 0.1) is 10.3 Å². The molecular formula is C22H28N2O4S. The second-order valence-electron chi connectivity index (χ2n) is 7.64. The fourth-order valence-electron chi connectivity index (χ4n) is 3.42. The van der Waals surface area contributed by atoms with Crippen LogP contribution in [-0.4, -0.2) is 34.6 Å². The van der Waals surface area contributed by atoms with Crippen molar-refractivity contribution in [3.63, 3.8) is 0 Å². The van der Waals surface area contributed by atoms with Crippen molar-refractivity contribution in [2.75, 3.05) is 25.0 Å². The zero-order valence-electron chi connectivity index (χ0n) is 17.1. The van der Waals surface area contributed by atoms with Crippen molar-refractivity contribution in [2.45, 2.75) is 43.4 Å². The molecule has 1 saturated carbocycles. The van der Waals surface area contributed by atoms with E-state index in [-0.39, 0.29) is 10.8 Å². The molecule has 0 aromatic heterocycles. The second-order valence-corrected chi connectivity index (χ2v) is 9.29. The first kappa shape index (κ1) is 21.3. The highest BCUT2D eigenvalue weighted by Crippen LogP contribution is 2.48. The summed E-state index contributed by atoms with van der Waals surface area (Å²) in [7, 11) is -2.04. The quantitative estimate of drug-likeness (QED) is 0.615. The van der Waals surface area contributed by atoms with Gasteiger partial charge in [0.15, 0.2) is 0 Å². The maximum absolute atomic E-state index is 12.8. The molecule has 0 atom stereocenters. The van der Waals surface area contributed by atoms with Crippen LogP contribution in [0.1, 0.15) is 36.0 Å². The maximum atomic E-state index is 12.8. The fourth-order valence-corrected chi connectivity index (χ4v) is 4.81. The van der Waals surface area contributed by atoms with Crippen LogP contribution in [0, 0.1) is 13.8 Å². The van der Waals surface area contributed by atoms with Gasteiger partial charge in [-0.1, -0.05) is 24.3 Å². The monoisotopic (exact) mass is 416 g/mol. The Kier molecular flexibility index (Phi) is 6.29. The lowest BCUT2D eigenvalue weighted by atomic mass is 9.95.